The number of carboxylic acid groups (broad SMARTS) is 1. The van der Waals surface area contributed by atoms with Crippen LogP contribution in [-0.2, 0) is 11.2 Å². The van der Waals surface area contributed by atoms with E-state index in [2.05, 4.69) is 15.9 Å². The molecule has 2 rings (SSSR count). The lowest BCUT2D eigenvalue weighted by Crippen LogP contribution is -2.17. The number of phenols is 1. The maximum Gasteiger partial charge on any atom is 0.309 e. The summed E-state index contributed by atoms with van der Waals surface area (Å²) in [5, 5.41) is 18.6. The summed E-state index contributed by atoms with van der Waals surface area (Å²) in [5.74, 6) is -0.590. The van der Waals surface area contributed by atoms with Crippen molar-refractivity contribution in [3.05, 3.63) is 28.2 Å². The Balaban J connectivity index is 2.24. The first kappa shape index (κ1) is 10.5. The zero-order valence-corrected chi connectivity index (χ0v) is 9.62. The first-order chi connectivity index (χ1) is 7.03. The van der Waals surface area contributed by atoms with Gasteiger partial charge in [0.1, 0.15) is 5.75 Å². The molecule has 0 atom stereocenters. The average Bonchev–Trinajstić information content (AvgIpc) is 2.92. The van der Waals surface area contributed by atoms with Gasteiger partial charge >= 0.3 is 5.97 Å². The fraction of sp³-hybridized carbons (Fsp3) is 0.364. The lowest BCUT2D eigenvalue weighted by atomic mass is 9.96. The van der Waals surface area contributed by atoms with Crippen molar-refractivity contribution in [2.75, 3.05) is 0 Å². The summed E-state index contributed by atoms with van der Waals surface area (Å²) < 4.78 is 0.858. The van der Waals surface area contributed by atoms with Gasteiger partial charge in [-0.1, -0.05) is 15.9 Å². The number of carbonyl (C=O) groups is 1. The van der Waals surface area contributed by atoms with E-state index in [1.807, 2.05) is 0 Å². The second-order valence-corrected chi connectivity index (χ2v) is 4.95. The molecule has 1 aliphatic rings. The SMILES string of the molecule is O=C(O)C1(Cc2cc(Br)ccc2O)CC1. The molecular weight excluding hydrogens is 260 g/mol. The molecule has 2 N–H and O–H groups in total. The molecular formula is C11H11BrO3. The van der Waals surface area contributed by atoms with Crippen molar-refractivity contribution in [3.63, 3.8) is 0 Å². The van der Waals surface area contributed by atoms with Crippen LogP contribution in [0.5, 0.6) is 5.75 Å². The number of halogens is 1. The van der Waals surface area contributed by atoms with Gasteiger partial charge in [-0.3, -0.25) is 4.79 Å². The molecule has 15 heavy (non-hydrogen) atoms. The van der Waals surface area contributed by atoms with Gasteiger partial charge in [-0.15, -0.1) is 0 Å². The van der Waals surface area contributed by atoms with E-state index < -0.39 is 11.4 Å². The van der Waals surface area contributed by atoms with Gasteiger partial charge in [0.25, 0.3) is 0 Å². The Kier molecular flexibility index (Phi) is 2.46. The van der Waals surface area contributed by atoms with Gasteiger partial charge in [0.2, 0.25) is 0 Å². The molecule has 0 heterocycles. The monoisotopic (exact) mass is 270 g/mol. The topological polar surface area (TPSA) is 57.5 Å². The minimum atomic E-state index is -0.762. The predicted octanol–water partition coefficient (Wildman–Crippen LogP) is 2.56. The zero-order valence-electron chi connectivity index (χ0n) is 8.03. The first-order valence-electron chi connectivity index (χ1n) is 4.74. The van der Waals surface area contributed by atoms with E-state index in [-0.39, 0.29) is 5.75 Å². The summed E-state index contributed by atoms with van der Waals surface area (Å²) in [6.45, 7) is 0. The molecule has 3 nitrogen and oxygen atoms in total. The molecule has 1 aromatic rings. The molecule has 1 aliphatic carbocycles. The molecule has 0 radical (unpaired) electrons. The first-order valence-corrected chi connectivity index (χ1v) is 5.54. The van der Waals surface area contributed by atoms with Crippen LogP contribution in [0.25, 0.3) is 0 Å². The Morgan fingerprint density at radius 2 is 2.13 bits per heavy atom. The number of phenolic OH excluding ortho intramolecular Hbond substituents is 1. The summed E-state index contributed by atoms with van der Waals surface area (Å²) in [7, 11) is 0. The predicted molar refractivity (Wildman–Crippen MR) is 58.8 cm³/mol. The maximum absolute atomic E-state index is 11.0. The molecule has 1 fully saturated rings. The highest BCUT2D eigenvalue weighted by molar-refractivity contribution is 9.10. The van der Waals surface area contributed by atoms with Crippen LogP contribution in [0.3, 0.4) is 0 Å². The van der Waals surface area contributed by atoms with Crippen LogP contribution in [-0.4, -0.2) is 16.2 Å². The Hall–Kier alpha value is -1.03. The Labute approximate surface area is 95.9 Å². The maximum atomic E-state index is 11.0. The number of carboxylic acids is 1. The van der Waals surface area contributed by atoms with Gasteiger partial charge in [0.05, 0.1) is 5.41 Å². The van der Waals surface area contributed by atoms with Crippen molar-refractivity contribution in [3.8, 4) is 5.75 Å². The van der Waals surface area contributed by atoms with Crippen molar-refractivity contribution >= 4 is 21.9 Å². The molecule has 4 heteroatoms. The number of aromatic hydroxyl groups is 1. The third kappa shape index (κ3) is 2.00. The van der Waals surface area contributed by atoms with Crippen LogP contribution in [0.2, 0.25) is 0 Å². The highest BCUT2D eigenvalue weighted by atomic mass is 79.9. The molecule has 0 spiro atoms. The standard InChI is InChI=1S/C11H11BrO3/c12-8-1-2-9(13)7(5-8)6-11(3-4-11)10(14)15/h1-2,5,13H,3-4,6H2,(H,14,15). The third-order valence-corrected chi connectivity index (χ3v) is 3.37. The van der Waals surface area contributed by atoms with E-state index in [9.17, 15) is 9.90 Å². The number of benzene rings is 1. The Bertz CT molecular complexity index is 410. The molecule has 0 amide bonds. The minimum absolute atomic E-state index is 0.172. The van der Waals surface area contributed by atoms with E-state index in [0.717, 1.165) is 4.47 Å². The van der Waals surface area contributed by atoms with Crippen LogP contribution in [0, 0.1) is 5.41 Å². The van der Waals surface area contributed by atoms with Crippen molar-refractivity contribution < 1.29 is 15.0 Å². The number of hydrogen-bond acceptors (Lipinski definition) is 2. The van der Waals surface area contributed by atoms with E-state index in [1.165, 1.54) is 0 Å². The smallest absolute Gasteiger partial charge is 0.309 e. The van der Waals surface area contributed by atoms with E-state index in [0.29, 0.717) is 24.8 Å². The van der Waals surface area contributed by atoms with Crippen LogP contribution in [0.1, 0.15) is 18.4 Å². The quantitative estimate of drug-likeness (QED) is 0.888. The molecule has 0 saturated heterocycles. The highest BCUT2D eigenvalue weighted by Crippen LogP contribution is 2.49. The van der Waals surface area contributed by atoms with Gasteiger partial charge in [0, 0.05) is 4.47 Å². The molecule has 80 valence electrons. The van der Waals surface area contributed by atoms with Crippen molar-refractivity contribution in [1.82, 2.24) is 0 Å². The fourth-order valence-electron chi connectivity index (χ4n) is 1.68. The van der Waals surface area contributed by atoms with Crippen LogP contribution in [0.4, 0.5) is 0 Å². The van der Waals surface area contributed by atoms with Crippen molar-refractivity contribution in [2.45, 2.75) is 19.3 Å². The lowest BCUT2D eigenvalue weighted by molar-refractivity contribution is -0.143. The number of aliphatic carboxylic acids is 1. The van der Waals surface area contributed by atoms with E-state index >= 15 is 0 Å². The van der Waals surface area contributed by atoms with Crippen molar-refractivity contribution in [1.29, 1.82) is 0 Å². The molecule has 0 aromatic heterocycles. The normalized spacial score (nSPS) is 17.4. The van der Waals surface area contributed by atoms with Crippen LogP contribution >= 0.6 is 15.9 Å². The summed E-state index contributed by atoms with van der Waals surface area (Å²) in [6, 6.07) is 5.09. The van der Waals surface area contributed by atoms with Gasteiger partial charge in [0.15, 0.2) is 0 Å². The summed E-state index contributed by atoms with van der Waals surface area (Å²) in [6.07, 6.45) is 1.82. The zero-order chi connectivity index (χ0) is 11.1. The summed E-state index contributed by atoms with van der Waals surface area (Å²) >= 11 is 3.30. The Morgan fingerprint density at radius 1 is 1.47 bits per heavy atom. The van der Waals surface area contributed by atoms with Crippen molar-refractivity contribution in [2.24, 2.45) is 5.41 Å². The third-order valence-electron chi connectivity index (χ3n) is 2.88. The van der Waals surface area contributed by atoms with E-state index in [1.54, 1.807) is 18.2 Å². The van der Waals surface area contributed by atoms with Gasteiger partial charge in [-0.05, 0) is 43.0 Å². The van der Waals surface area contributed by atoms with Crippen LogP contribution in [0.15, 0.2) is 22.7 Å². The molecule has 0 unspecified atom stereocenters. The largest absolute Gasteiger partial charge is 0.508 e. The van der Waals surface area contributed by atoms with Crippen LogP contribution < -0.4 is 0 Å². The summed E-state index contributed by atoms with van der Waals surface area (Å²) in [4.78, 5) is 11.0. The Morgan fingerprint density at radius 3 is 2.67 bits per heavy atom. The number of rotatable bonds is 3. The van der Waals surface area contributed by atoms with Gasteiger partial charge < -0.3 is 10.2 Å². The molecule has 0 bridgehead atoms. The summed E-state index contributed by atoms with van der Waals surface area (Å²) in [5.41, 5.74) is 0.0717. The molecule has 1 saturated carbocycles. The van der Waals surface area contributed by atoms with Gasteiger partial charge in [-0.25, -0.2) is 0 Å². The average molecular weight is 271 g/mol. The van der Waals surface area contributed by atoms with Gasteiger partial charge in [-0.2, -0.15) is 0 Å². The lowest BCUT2D eigenvalue weighted by Gasteiger charge is -2.11. The molecule has 1 aromatic carbocycles. The fourth-order valence-corrected chi connectivity index (χ4v) is 2.09. The number of hydrogen-bond donors (Lipinski definition) is 2. The van der Waals surface area contributed by atoms with E-state index in [4.69, 9.17) is 5.11 Å². The second kappa shape index (κ2) is 3.52. The highest BCUT2D eigenvalue weighted by Gasteiger charge is 2.50. The minimum Gasteiger partial charge on any atom is -0.508 e. The molecule has 0 aliphatic heterocycles. The second-order valence-electron chi connectivity index (χ2n) is 4.04.